The molecule has 0 aliphatic carbocycles. The normalized spacial score (nSPS) is 15.1. The number of carbonyl (C=O) groups excluding carboxylic acids is 1. The lowest BCUT2D eigenvalue weighted by molar-refractivity contribution is -0.120. The second kappa shape index (κ2) is 8.43. The predicted molar refractivity (Wildman–Crippen MR) is 133 cm³/mol. The third-order valence-electron chi connectivity index (χ3n) is 4.45. The number of fused-ring (bicyclic) bond motifs is 1. The molecule has 1 aliphatic rings. The van der Waals surface area contributed by atoms with Gasteiger partial charge in [-0.25, -0.2) is 14.8 Å². The summed E-state index contributed by atoms with van der Waals surface area (Å²) in [6.07, 6.45) is 3.81. The molecule has 1 saturated heterocycles. The van der Waals surface area contributed by atoms with Gasteiger partial charge in [0.05, 0.1) is 4.91 Å². The van der Waals surface area contributed by atoms with E-state index in [-0.39, 0.29) is 4.32 Å². The van der Waals surface area contributed by atoms with Gasteiger partial charge in [-0.05, 0) is 42.5 Å². The van der Waals surface area contributed by atoms with Crippen LogP contribution in [0.2, 0.25) is 0 Å². The third kappa shape index (κ3) is 3.79. The zero-order valence-corrected chi connectivity index (χ0v) is 19.3. The molecule has 0 radical (unpaired) electrons. The van der Waals surface area contributed by atoms with E-state index in [1.807, 2.05) is 47.4 Å². The Morgan fingerprint density at radius 3 is 2.22 bits per heavy atom. The van der Waals surface area contributed by atoms with Crippen molar-refractivity contribution in [3.05, 3.63) is 70.7 Å². The van der Waals surface area contributed by atoms with Crippen molar-refractivity contribution in [3.8, 4) is 0 Å². The Bertz CT molecular complexity index is 1310. The van der Waals surface area contributed by atoms with Gasteiger partial charge in [-0.3, -0.25) is 9.69 Å². The van der Waals surface area contributed by atoms with Crippen molar-refractivity contribution in [3.63, 3.8) is 0 Å². The number of hydrogen-bond acceptors (Lipinski definition) is 9. The fraction of sp³-hybridized carbons (Fsp3) is 0. The zero-order valence-electron chi connectivity index (χ0n) is 16.0. The third-order valence-corrected chi connectivity index (χ3v) is 7.98. The number of thioether (sulfide) groups is 1. The second-order valence-corrected chi connectivity index (χ2v) is 10.3. The number of hydrogen-bond donors (Lipinski definition) is 1. The predicted octanol–water partition coefficient (Wildman–Crippen LogP) is 6.10. The number of thiophene rings is 2. The monoisotopic (exact) mass is 496 g/mol. The Hall–Kier alpha value is -3.12. The topological polar surface area (TPSA) is 86.6 Å². The molecule has 11 heteroatoms. The summed E-state index contributed by atoms with van der Waals surface area (Å²) in [5.74, 6) is 0.914. The van der Waals surface area contributed by atoms with Gasteiger partial charge in [0.25, 0.3) is 5.91 Å². The molecule has 5 rings (SSSR count). The standard InChI is InChI=1S/C21H12N4O3S4/c26-19-15(32-21(29)25(19)20(27)28)10-12-9-13-14(30-12)11-18(31-13)24(16-5-1-3-7-22-16)17-6-2-4-8-23-17/h1-11H,(H,27,28)/b15-10+. The summed E-state index contributed by atoms with van der Waals surface area (Å²) in [5, 5.41) is 10.1. The van der Waals surface area contributed by atoms with Gasteiger partial charge in [0, 0.05) is 26.7 Å². The average Bonchev–Trinajstić information content (AvgIpc) is 3.41. The van der Waals surface area contributed by atoms with E-state index in [1.54, 1.807) is 29.8 Å². The van der Waals surface area contributed by atoms with Crippen LogP contribution in [-0.2, 0) is 4.79 Å². The van der Waals surface area contributed by atoms with E-state index in [2.05, 4.69) is 16.0 Å². The highest BCUT2D eigenvalue weighted by Gasteiger charge is 2.37. The summed E-state index contributed by atoms with van der Waals surface area (Å²) < 4.78 is 2.11. The van der Waals surface area contributed by atoms with Gasteiger partial charge in [0.15, 0.2) is 4.32 Å². The molecular formula is C21H12N4O3S4. The molecule has 158 valence electrons. The van der Waals surface area contributed by atoms with Gasteiger partial charge in [-0.15, -0.1) is 22.7 Å². The number of nitrogens with zero attached hydrogens (tertiary/aromatic N) is 4. The van der Waals surface area contributed by atoms with E-state index >= 15 is 0 Å². The summed E-state index contributed by atoms with van der Waals surface area (Å²) in [6, 6.07) is 15.5. The first-order valence-corrected chi connectivity index (χ1v) is 12.0. The minimum Gasteiger partial charge on any atom is -0.464 e. The van der Waals surface area contributed by atoms with Crippen molar-refractivity contribution in [2.24, 2.45) is 0 Å². The smallest absolute Gasteiger partial charge is 0.420 e. The molecule has 5 heterocycles. The Morgan fingerprint density at radius 1 is 1.03 bits per heavy atom. The number of pyridine rings is 2. The van der Waals surface area contributed by atoms with E-state index < -0.39 is 12.0 Å². The first-order chi connectivity index (χ1) is 15.5. The molecular weight excluding hydrogens is 485 g/mol. The Balaban J connectivity index is 1.50. The highest BCUT2D eigenvalue weighted by atomic mass is 32.2. The Labute approximate surface area is 199 Å². The summed E-state index contributed by atoms with van der Waals surface area (Å²) in [7, 11) is 0. The summed E-state index contributed by atoms with van der Waals surface area (Å²) >= 11 is 9.10. The van der Waals surface area contributed by atoms with Crippen LogP contribution in [-0.4, -0.2) is 36.3 Å². The number of amides is 2. The van der Waals surface area contributed by atoms with Crippen LogP contribution in [0.3, 0.4) is 0 Å². The van der Waals surface area contributed by atoms with E-state index in [0.29, 0.717) is 9.81 Å². The number of thiocarbonyl (C=S) groups is 1. The molecule has 0 bridgehead atoms. The van der Waals surface area contributed by atoms with Crippen LogP contribution < -0.4 is 4.90 Å². The molecule has 32 heavy (non-hydrogen) atoms. The van der Waals surface area contributed by atoms with Crippen LogP contribution in [0.4, 0.5) is 21.4 Å². The van der Waals surface area contributed by atoms with Gasteiger partial charge < -0.3 is 5.11 Å². The molecule has 1 aliphatic heterocycles. The van der Waals surface area contributed by atoms with Gasteiger partial charge in [-0.1, -0.05) is 36.1 Å². The van der Waals surface area contributed by atoms with Crippen LogP contribution in [0.1, 0.15) is 4.88 Å². The molecule has 1 fully saturated rings. The zero-order chi connectivity index (χ0) is 22.2. The number of rotatable bonds is 4. The van der Waals surface area contributed by atoms with Crippen molar-refractivity contribution in [2.75, 3.05) is 4.90 Å². The summed E-state index contributed by atoms with van der Waals surface area (Å²) in [5.41, 5.74) is 0. The van der Waals surface area contributed by atoms with Crippen molar-refractivity contribution in [1.82, 2.24) is 14.9 Å². The summed E-state index contributed by atoms with van der Waals surface area (Å²) in [4.78, 5) is 36.3. The first-order valence-electron chi connectivity index (χ1n) is 9.18. The molecule has 7 nitrogen and oxygen atoms in total. The maximum atomic E-state index is 12.3. The molecule has 0 saturated carbocycles. The molecule has 0 unspecified atom stereocenters. The maximum absolute atomic E-state index is 12.3. The van der Waals surface area contributed by atoms with Gasteiger partial charge >= 0.3 is 6.09 Å². The van der Waals surface area contributed by atoms with Gasteiger partial charge in [-0.2, -0.15) is 4.90 Å². The largest absolute Gasteiger partial charge is 0.464 e. The van der Waals surface area contributed by atoms with Crippen molar-refractivity contribution in [1.29, 1.82) is 0 Å². The molecule has 0 spiro atoms. The number of carbonyl (C=O) groups is 2. The maximum Gasteiger partial charge on any atom is 0.420 e. The van der Waals surface area contributed by atoms with Crippen LogP contribution in [0.25, 0.3) is 15.5 Å². The SMILES string of the molecule is O=C(O)N1C(=O)/C(=C\c2cc3sc(N(c4ccccn4)c4ccccn4)cc3s2)SC1=S. The molecule has 0 aromatic carbocycles. The molecule has 1 N–H and O–H groups in total. The average molecular weight is 497 g/mol. The van der Waals surface area contributed by atoms with Crippen molar-refractivity contribution in [2.45, 2.75) is 0 Å². The van der Waals surface area contributed by atoms with E-state index in [0.717, 1.165) is 42.7 Å². The highest BCUT2D eigenvalue weighted by molar-refractivity contribution is 8.26. The van der Waals surface area contributed by atoms with Crippen molar-refractivity contribution < 1.29 is 14.7 Å². The second-order valence-electron chi connectivity index (χ2n) is 6.47. The Kier molecular flexibility index (Phi) is 5.47. The van der Waals surface area contributed by atoms with Crippen LogP contribution >= 0.6 is 46.7 Å². The van der Waals surface area contributed by atoms with E-state index in [4.69, 9.17) is 17.3 Å². The van der Waals surface area contributed by atoms with E-state index in [1.165, 1.54) is 11.3 Å². The lowest BCUT2D eigenvalue weighted by atomic mass is 10.3. The van der Waals surface area contributed by atoms with Crippen LogP contribution in [0.15, 0.2) is 65.8 Å². The highest BCUT2D eigenvalue weighted by Crippen LogP contribution is 2.44. The van der Waals surface area contributed by atoms with Crippen molar-refractivity contribution >= 4 is 95.1 Å². The first kappa shape index (κ1) is 20.8. The minimum absolute atomic E-state index is 0.0239. The molecule has 4 aromatic heterocycles. The lowest BCUT2D eigenvalue weighted by Crippen LogP contribution is -2.33. The molecule has 4 aromatic rings. The van der Waals surface area contributed by atoms with E-state index in [9.17, 15) is 9.59 Å². The van der Waals surface area contributed by atoms with Crippen LogP contribution in [0, 0.1) is 0 Å². The fourth-order valence-electron chi connectivity index (χ4n) is 3.10. The lowest BCUT2D eigenvalue weighted by Gasteiger charge is -2.20. The number of anilines is 3. The van der Waals surface area contributed by atoms with Gasteiger partial charge in [0.2, 0.25) is 0 Å². The Morgan fingerprint density at radius 2 is 1.69 bits per heavy atom. The summed E-state index contributed by atoms with van der Waals surface area (Å²) in [6.45, 7) is 0. The fourth-order valence-corrected chi connectivity index (χ4v) is 6.77. The number of aromatic nitrogens is 2. The number of imide groups is 1. The van der Waals surface area contributed by atoms with Gasteiger partial charge in [0.1, 0.15) is 16.6 Å². The molecule has 0 atom stereocenters. The minimum atomic E-state index is -1.36. The number of carboxylic acid groups (broad SMARTS) is 1. The molecule has 2 amide bonds. The van der Waals surface area contributed by atoms with Crippen LogP contribution in [0.5, 0.6) is 0 Å². The quantitative estimate of drug-likeness (QED) is 0.268.